The van der Waals surface area contributed by atoms with E-state index in [0.29, 0.717) is 12.0 Å². The molecule has 2 atom stereocenters. The molecule has 1 aliphatic rings. The second-order valence-electron chi connectivity index (χ2n) is 6.69. The van der Waals surface area contributed by atoms with E-state index < -0.39 is 23.7 Å². The first-order valence-corrected chi connectivity index (χ1v) is 8.44. The van der Waals surface area contributed by atoms with Crippen LogP contribution in [-0.4, -0.2) is 17.1 Å². The second-order valence-corrected chi connectivity index (χ2v) is 6.69. The van der Waals surface area contributed by atoms with Crippen LogP contribution in [-0.2, 0) is 11.0 Å². The Balaban J connectivity index is 1.69. The van der Waals surface area contributed by atoms with Gasteiger partial charge < -0.3 is 10.4 Å². The number of hydrogen-bond acceptors (Lipinski definition) is 4. The summed E-state index contributed by atoms with van der Waals surface area (Å²) in [6.07, 6.45) is -4.12. The first-order chi connectivity index (χ1) is 12.6. The molecule has 1 aliphatic heterocycles. The van der Waals surface area contributed by atoms with Crippen molar-refractivity contribution in [1.82, 2.24) is 10.9 Å². The Morgan fingerprint density at radius 2 is 1.85 bits per heavy atom. The number of nitrogens with one attached hydrogen (secondary N) is 3. The third-order valence-corrected chi connectivity index (χ3v) is 4.70. The molecule has 3 rings (SSSR count). The van der Waals surface area contributed by atoms with Crippen molar-refractivity contribution < 1.29 is 23.1 Å². The van der Waals surface area contributed by atoms with Crippen molar-refractivity contribution in [3.05, 3.63) is 58.7 Å². The molecule has 1 amide bonds. The zero-order chi connectivity index (χ0) is 19.8. The molecule has 0 bridgehead atoms. The van der Waals surface area contributed by atoms with Gasteiger partial charge in [0.25, 0.3) is 0 Å². The molecule has 8 heteroatoms. The summed E-state index contributed by atoms with van der Waals surface area (Å²) in [7, 11) is 0. The van der Waals surface area contributed by atoms with Crippen LogP contribution in [0.4, 0.5) is 18.9 Å². The quantitative estimate of drug-likeness (QED) is 0.658. The number of phenolic OH excluding ortho intramolecular Hbond substituents is 1. The number of phenols is 1. The second kappa shape index (κ2) is 7.21. The molecule has 2 aromatic rings. The van der Waals surface area contributed by atoms with Gasteiger partial charge in [-0.15, -0.1) is 0 Å². The van der Waals surface area contributed by atoms with Crippen LogP contribution in [0.2, 0.25) is 0 Å². The fraction of sp³-hybridized carbons (Fsp3) is 0.316. The highest BCUT2D eigenvalue weighted by atomic mass is 19.4. The minimum atomic E-state index is -4.47. The minimum absolute atomic E-state index is 0.0779. The number of aromatic hydroxyl groups is 1. The van der Waals surface area contributed by atoms with Crippen LogP contribution in [0.5, 0.6) is 5.75 Å². The predicted octanol–water partition coefficient (Wildman–Crippen LogP) is 3.57. The van der Waals surface area contributed by atoms with Gasteiger partial charge in [-0.2, -0.15) is 13.2 Å². The lowest BCUT2D eigenvalue weighted by atomic mass is 9.97. The molecule has 2 unspecified atom stereocenters. The summed E-state index contributed by atoms with van der Waals surface area (Å²) in [6, 6.07) is 7.08. The van der Waals surface area contributed by atoms with Crippen molar-refractivity contribution in [2.45, 2.75) is 38.5 Å². The van der Waals surface area contributed by atoms with E-state index >= 15 is 0 Å². The van der Waals surface area contributed by atoms with E-state index in [9.17, 15) is 23.1 Å². The minimum Gasteiger partial charge on any atom is -0.508 e. The van der Waals surface area contributed by atoms with Gasteiger partial charge >= 0.3 is 6.18 Å². The van der Waals surface area contributed by atoms with Gasteiger partial charge in [-0.25, -0.2) is 10.9 Å². The van der Waals surface area contributed by atoms with Crippen molar-refractivity contribution in [2.75, 3.05) is 5.32 Å². The van der Waals surface area contributed by atoms with Gasteiger partial charge in [0, 0.05) is 11.3 Å². The maximum Gasteiger partial charge on any atom is 0.416 e. The monoisotopic (exact) mass is 379 g/mol. The summed E-state index contributed by atoms with van der Waals surface area (Å²) >= 11 is 0. The van der Waals surface area contributed by atoms with Crippen LogP contribution < -0.4 is 16.2 Å². The largest absolute Gasteiger partial charge is 0.508 e. The number of carbonyl (C=O) groups is 1. The Morgan fingerprint density at radius 1 is 1.15 bits per heavy atom. The number of hydrogen-bond donors (Lipinski definition) is 4. The van der Waals surface area contributed by atoms with Gasteiger partial charge in [-0.1, -0.05) is 12.1 Å². The Labute approximate surface area is 154 Å². The van der Waals surface area contributed by atoms with Crippen LogP contribution in [0, 0.1) is 13.8 Å². The number of carbonyl (C=O) groups excluding carboxylic acids is 1. The SMILES string of the molecule is Cc1cc(O)c(C2CC(C(=O)Nc3cccc(C(F)(F)F)c3)NN2)cc1C. The smallest absolute Gasteiger partial charge is 0.416 e. The number of rotatable bonds is 3. The molecule has 27 heavy (non-hydrogen) atoms. The molecule has 144 valence electrons. The lowest BCUT2D eigenvalue weighted by Crippen LogP contribution is -2.39. The van der Waals surface area contributed by atoms with Crippen molar-refractivity contribution in [3.63, 3.8) is 0 Å². The molecule has 1 heterocycles. The molecule has 0 aromatic heterocycles. The molecule has 5 nitrogen and oxygen atoms in total. The summed E-state index contributed by atoms with van der Waals surface area (Å²) in [5, 5.41) is 12.7. The van der Waals surface area contributed by atoms with E-state index in [1.165, 1.54) is 12.1 Å². The van der Waals surface area contributed by atoms with E-state index in [1.807, 2.05) is 19.9 Å². The number of aryl methyl sites for hydroxylation is 2. The molecular formula is C19H20F3N3O2. The Hall–Kier alpha value is -2.58. The van der Waals surface area contributed by atoms with Crippen molar-refractivity contribution in [2.24, 2.45) is 0 Å². The van der Waals surface area contributed by atoms with Crippen LogP contribution in [0.15, 0.2) is 36.4 Å². The summed E-state index contributed by atoms with van der Waals surface area (Å²) in [5.41, 5.74) is 7.69. The Kier molecular flexibility index (Phi) is 5.12. The van der Waals surface area contributed by atoms with Crippen molar-refractivity contribution >= 4 is 11.6 Å². The third-order valence-electron chi connectivity index (χ3n) is 4.70. The average molecular weight is 379 g/mol. The first kappa shape index (κ1) is 19.2. The highest BCUT2D eigenvalue weighted by Crippen LogP contribution is 2.33. The fourth-order valence-corrected chi connectivity index (χ4v) is 3.04. The molecule has 1 fully saturated rings. The lowest BCUT2D eigenvalue weighted by Gasteiger charge is -2.14. The predicted molar refractivity (Wildman–Crippen MR) is 95.1 cm³/mol. The fourth-order valence-electron chi connectivity index (χ4n) is 3.04. The maximum atomic E-state index is 12.8. The topological polar surface area (TPSA) is 73.4 Å². The number of anilines is 1. The van der Waals surface area contributed by atoms with E-state index in [1.54, 1.807) is 6.07 Å². The number of halogens is 3. The van der Waals surface area contributed by atoms with Gasteiger partial charge in [-0.3, -0.25) is 4.79 Å². The van der Waals surface area contributed by atoms with E-state index in [4.69, 9.17) is 0 Å². The number of hydrazine groups is 1. The molecule has 0 saturated carbocycles. The normalized spacial score (nSPS) is 19.9. The highest BCUT2D eigenvalue weighted by molar-refractivity contribution is 5.95. The van der Waals surface area contributed by atoms with Gasteiger partial charge in [0.1, 0.15) is 11.8 Å². The Morgan fingerprint density at radius 3 is 2.56 bits per heavy atom. The van der Waals surface area contributed by atoms with Crippen LogP contribution in [0.1, 0.15) is 34.7 Å². The van der Waals surface area contributed by atoms with Crippen LogP contribution in [0.3, 0.4) is 0 Å². The number of alkyl halides is 3. The summed E-state index contributed by atoms with van der Waals surface area (Å²) in [6.45, 7) is 3.82. The maximum absolute atomic E-state index is 12.8. The zero-order valence-corrected chi connectivity index (χ0v) is 14.8. The summed E-state index contributed by atoms with van der Waals surface area (Å²) in [5.74, 6) is -0.316. The summed E-state index contributed by atoms with van der Waals surface area (Å²) < 4.78 is 38.4. The number of amides is 1. The number of benzene rings is 2. The summed E-state index contributed by atoms with van der Waals surface area (Å²) in [4.78, 5) is 12.4. The van der Waals surface area contributed by atoms with E-state index in [2.05, 4.69) is 16.2 Å². The molecule has 2 aromatic carbocycles. The molecule has 4 N–H and O–H groups in total. The van der Waals surface area contributed by atoms with E-state index in [0.717, 1.165) is 23.3 Å². The average Bonchev–Trinajstić information content (AvgIpc) is 3.07. The zero-order valence-electron chi connectivity index (χ0n) is 14.8. The van der Waals surface area contributed by atoms with Gasteiger partial charge in [0.2, 0.25) is 5.91 Å². The highest BCUT2D eigenvalue weighted by Gasteiger charge is 2.33. The standard InChI is InChI=1S/C19H20F3N3O2/c1-10-6-14(17(26)7-11(10)2)15-9-16(25-24-15)18(27)23-13-5-3-4-12(8-13)19(20,21)22/h3-8,15-16,24-26H,9H2,1-2H3,(H,23,27). The molecule has 0 spiro atoms. The van der Waals surface area contributed by atoms with Gasteiger partial charge in [0.15, 0.2) is 0 Å². The van der Waals surface area contributed by atoms with E-state index in [-0.39, 0.29) is 17.5 Å². The van der Waals surface area contributed by atoms with Crippen LogP contribution in [0.25, 0.3) is 0 Å². The van der Waals surface area contributed by atoms with Crippen LogP contribution >= 0.6 is 0 Å². The third kappa shape index (κ3) is 4.23. The molecule has 1 saturated heterocycles. The van der Waals surface area contributed by atoms with Gasteiger partial charge in [0.05, 0.1) is 11.6 Å². The lowest BCUT2D eigenvalue weighted by molar-refractivity contribution is -0.137. The molecule has 0 radical (unpaired) electrons. The first-order valence-electron chi connectivity index (χ1n) is 8.44. The molecular weight excluding hydrogens is 359 g/mol. The molecule has 0 aliphatic carbocycles. The van der Waals surface area contributed by atoms with Crippen molar-refractivity contribution in [1.29, 1.82) is 0 Å². The van der Waals surface area contributed by atoms with Gasteiger partial charge in [-0.05, 0) is 55.7 Å². The van der Waals surface area contributed by atoms with Crippen molar-refractivity contribution in [3.8, 4) is 5.75 Å². The Bertz CT molecular complexity index is 868.